The molecule has 0 unspecified atom stereocenters. The summed E-state index contributed by atoms with van der Waals surface area (Å²) in [6.07, 6.45) is 1.05. The molecule has 0 aliphatic carbocycles. The molecule has 0 spiro atoms. The van der Waals surface area contributed by atoms with E-state index in [0.717, 1.165) is 5.56 Å². The van der Waals surface area contributed by atoms with Gasteiger partial charge in [-0.2, -0.15) is 0 Å². The number of carbonyl (C=O) groups excluding carboxylic acids is 1. The van der Waals surface area contributed by atoms with Gasteiger partial charge >= 0.3 is 0 Å². The highest BCUT2D eigenvalue weighted by Crippen LogP contribution is 2.38. The second-order valence-electron chi connectivity index (χ2n) is 4.94. The number of aryl methyl sites for hydroxylation is 1. The van der Waals surface area contributed by atoms with Crippen molar-refractivity contribution in [3.8, 4) is 17.2 Å². The Hall–Kier alpha value is -2.69. The lowest BCUT2D eigenvalue weighted by molar-refractivity contribution is -0.116. The van der Waals surface area contributed by atoms with Crippen molar-refractivity contribution < 1.29 is 19.0 Å². The number of amides is 1. The maximum atomic E-state index is 12.2. The van der Waals surface area contributed by atoms with Gasteiger partial charge in [-0.05, 0) is 12.0 Å². The summed E-state index contributed by atoms with van der Waals surface area (Å²) in [5, 5.41) is 2.86. The third-order valence-corrected chi connectivity index (χ3v) is 3.46. The predicted molar refractivity (Wildman–Crippen MR) is 89.5 cm³/mol. The van der Waals surface area contributed by atoms with Gasteiger partial charge in [-0.25, -0.2) is 0 Å². The Morgan fingerprint density at radius 1 is 0.957 bits per heavy atom. The Bertz CT molecular complexity index is 630. The molecule has 0 atom stereocenters. The van der Waals surface area contributed by atoms with Crippen molar-refractivity contribution in [3.63, 3.8) is 0 Å². The van der Waals surface area contributed by atoms with Crippen LogP contribution in [0.3, 0.4) is 0 Å². The minimum atomic E-state index is -0.101. The summed E-state index contributed by atoms with van der Waals surface area (Å²) in [6, 6.07) is 13.3. The van der Waals surface area contributed by atoms with Crippen LogP contribution in [0.25, 0.3) is 0 Å². The number of rotatable bonds is 7. The zero-order valence-electron chi connectivity index (χ0n) is 13.6. The lowest BCUT2D eigenvalue weighted by Crippen LogP contribution is -2.14. The van der Waals surface area contributed by atoms with Gasteiger partial charge < -0.3 is 19.5 Å². The van der Waals surface area contributed by atoms with E-state index in [4.69, 9.17) is 14.2 Å². The summed E-state index contributed by atoms with van der Waals surface area (Å²) in [5.74, 6) is 1.49. The van der Waals surface area contributed by atoms with Crippen molar-refractivity contribution in [1.82, 2.24) is 0 Å². The predicted octanol–water partition coefficient (Wildman–Crippen LogP) is 3.28. The first kappa shape index (κ1) is 16.7. The summed E-state index contributed by atoms with van der Waals surface area (Å²) >= 11 is 0. The normalized spacial score (nSPS) is 10.0. The topological polar surface area (TPSA) is 56.8 Å². The van der Waals surface area contributed by atoms with E-state index in [9.17, 15) is 4.79 Å². The first-order chi connectivity index (χ1) is 11.2. The molecule has 0 aliphatic heterocycles. The molecule has 23 heavy (non-hydrogen) atoms. The molecule has 0 fully saturated rings. The monoisotopic (exact) mass is 315 g/mol. The van der Waals surface area contributed by atoms with Gasteiger partial charge in [-0.15, -0.1) is 0 Å². The molecule has 2 rings (SSSR count). The zero-order chi connectivity index (χ0) is 16.7. The van der Waals surface area contributed by atoms with Gasteiger partial charge in [0.25, 0.3) is 0 Å². The second kappa shape index (κ2) is 8.08. The van der Waals surface area contributed by atoms with E-state index >= 15 is 0 Å². The summed E-state index contributed by atoms with van der Waals surface area (Å²) in [7, 11) is 4.63. The number of anilines is 1. The van der Waals surface area contributed by atoms with E-state index in [1.54, 1.807) is 19.2 Å². The molecule has 0 heterocycles. The fourth-order valence-corrected chi connectivity index (χ4v) is 2.23. The molecule has 5 heteroatoms. The Morgan fingerprint density at radius 3 is 2.09 bits per heavy atom. The number of carbonyl (C=O) groups is 1. The van der Waals surface area contributed by atoms with Crippen molar-refractivity contribution >= 4 is 11.6 Å². The smallest absolute Gasteiger partial charge is 0.224 e. The average Bonchev–Trinajstić information content (AvgIpc) is 2.60. The van der Waals surface area contributed by atoms with Gasteiger partial charge in [0.05, 0.1) is 21.3 Å². The largest absolute Gasteiger partial charge is 0.496 e. The third kappa shape index (κ3) is 4.39. The number of benzene rings is 2. The van der Waals surface area contributed by atoms with Gasteiger partial charge in [0, 0.05) is 18.6 Å². The Labute approximate surface area is 136 Å². The van der Waals surface area contributed by atoms with Crippen LogP contribution in [0.2, 0.25) is 0 Å². The van der Waals surface area contributed by atoms with Crippen molar-refractivity contribution in [2.75, 3.05) is 26.6 Å². The van der Waals surface area contributed by atoms with Crippen LogP contribution in [0.1, 0.15) is 12.0 Å². The summed E-state index contributed by atoms with van der Waals surface area (Å²) < 4.78 is 15.8. The third-order valence-electron chi connectivity index (χ3n) is 3.46. The number of ether oxygens (including phenoxy) is 3. The van der Waals surface area contributed by atoms with Gasteiger partial charge in [0.2, 0.25) is 5.91 Å². The number of methoxy groups -OCH3 is 3. The first-order valence-corrected chi connectivity index (χ1v) is 7.31. The number of hydrogen-bond donors (Lipinski definition) is 1. The standard InChI is InChI=1S/C18H21NO4/c1-21-14-11-15(22-2)18(16(12-14)23-3)19-17(20)10-9-13-7-5-4-6-8-13/h4-8,11-12H,9-10H2,1-3H3,(H,19,20). The molecule has 2 aromatic rings. The molecule has 0 aromatic heterocycles. The van der Waals surface area contributed by atoms with Crippen LogP contribution in [0.15, 0.2) is 42.5 Å². The minimum absolute atomic E-state index is 0.101. The fraction of sp³-hybridized carbons (Fsp3) is 0.278. The van der Waals surface area contributed by atoms with Gasteiger partial charge in [0.1, 0.15) is 22.9 Å². The van der Waals surface area contributed by atoms with Crippen LogP contribution in [0.4, 0.5) is 5.69 Å². The molecule has 0 aliphatic rings. The maximum absolute atomic E-state index is 12.2. The highest BCUT2D eigenvalue weighted by atomic mass is 16.5. The maximum Gasteiger partial charge on any atom is 0.224 e. The highest BCUT2D eigenvalue weighted by molar-refractivity contribution is 5.94. The van der Waals surface area contributed by atoms with Crippen molar-refractivity contribution in [1.29, 1.82) is 0 Å². The van der Waals surface area contributed by atoms with Crippen LogP contribution in [-0.2, 0) is 11.2 Å². The zero-order valence-corrected chi connectivity index (χ0v) is 13.6. The Balaban J connectivity index is 2.10. The van der Waals surface area contributed by atoms with Crippen LogP contribution < -0.4 is 19.5 Å². The van der Waals surface area contributed by atoms with Crippen LogP contribution in [-0.4, -0.2) is 27.2 Å². The molecule has 5 nitrogen and oxygen atoms in total. The van der Waals surface area contributed by atoms with Crippen molar-refractivity contribution in [3.05, 3.63) is 48.0 Å². The van der Waals surface area contributed by atoms with Crippen LogP contribution in [0.5, 0.6) is 17.2 Å². The van der Waals surface area contributed by atoms with E-state index in [1.165, 1.54) is 14.2 Å². The van der Waals surface area contributed by atoms with Crippen LogP contribution in [0, 0.1) is 0 Å². The van der Waals surface area contributed by atoms with Gasteiger partial charge in [-0.3, -0.25) is 4.79 Å². The first-order valence-electron chi connectivity index (χ1n) is 7.31. The van der Waals surface area contributed by atoms with Gasteiger partial charge in [0.15, 0.2) is 0 Å². The highest BCUT2D eigenvalue weighted by Gasteiger charge is 2.15. The molecular weight excluding hydrogens is 294 g/mol. The lowest BCUT2D eigenvalue weighted by atomic mass is 10.1. The SMILES string of the molecule is COc1cc(OC)c(NC(=O)CCc2ccccc2)c(OC)c1. The summed E-state index contributed by atoms with van der Waals surface area (Å²) in [6.45, 7) is 0. The summed E-state index contributed by atoms with van der Waals surface area (Å²) in [4.78, 5) is 12.2. The molecular formula is C18H21NO4. The molecule has 0 bridgehead atoms. The molecule has 1 N–H and O–H groups in total. The number of nitrogens with one attached hydrogen (secondary N) is 1. The summed E-state index contributed by atoms with van der Waals surface area (Å²) in [5.41, 5.74) is 1.63. The molecule has 0 radical (unpaired) electrons. The van der Waals surface area contributed by atoms with E-state index < -0.39 is 0 Å². The Kier molecular flexibility index (Phi) is 5.86. The average molecular weight is 315 g/mol. The quantitative estimate of drug-likeness (QED) is 0.852. The van der Waals surface area contributed by atoms with Crippen molar-refractivity contribution in [2.45, 2.75) is 12.8 Å². The fourth-order valence-electron chi connectivity index (χ4n) is 2.23. The van der Waals surface area contributed by atoms with E-state index in [0.29, 0.717) is 35.8 Å². The van der Waals surface area contributed by atoms with Gasteiger partial charge in [-0.1, -0.05) is 30.3 Å². The minimum Gasteiger partial charge on any atom is -0.496 e. The van der Waals surface area contributed by atoms with E-state index in [-0.39, 0.29) is 5.91 Å². The van der Waals surface area contributed by atoms with Crippen molar-refractivity contribution in [2.24, 2.45) is 0 Å². The Morgan fingerprint density at radius 2 is 1.57 bits per heavy atom. The molecule has 1 amide bonds. The van der Waals surface area contributed by atoms with Crippen LogP contribution >= 0.6 is 0 Å². The van der Waals surface area contributed by atoms with E-state index in [1.807, 2.05) is 30.3 Å². The van der Waals surface area contributed by atoms with E-state index in [2.05, 4.69) is 5.32 Å². The molecule has 2 aromatic carbocycles. The lowest BCUT2D eigenvalue weighted by Gasteiger charge is -2.15. The molecule has 0 saturated heterocycles. The molecule has 122 valence electrons. The molecule has 0 saturated carbocycles. The number of hydrogen-bond acceptors (Lipinski definition) is 4. The second-order valence-corrected chi connectivity index (χ2v) is 4.94.